The van der Waals surface area contributed by atoms with Gasteiger partial charge in [-0.3, -0.25) is 4.79 Å². The van der Waals surface area contributed by atoms with Crippen molar-refractivity contribution in [2.75, 3.05) is 12.4 Å². The Bertz CT molecular complexity index is 869. The highest BCUT2D eigenvalue weighted by molar-refractivity contribution is 6.04. The fraction of sp³-hybridized carbons (Fsp3) is 0.167. The number of benzene rings is 1. The van der Waals surface area contributed by atoms with Gasteiger partial charge in [0, 0.05) is 6.07 Å². The Hall–Kier alpha value is -3.15. The first-order valence-corrected chi connectivity index (χ1v) is 7.52. The summed E-state index contributed by atoms with van der Waals surface area (Å²) in [4.78, 5) is 16.6. The van der Waals surface area contributed by atoms with Crippen molar-refractivity contribution in [1.29, 1.82) is 0 Å². The van der Waals surface area contributed by atoms with Crippen LogP contribution in [0.15, 0.2) is 48.8 Å². The van der Waals surface area contributed by atoms with Gasteiger partial charge in [0.25, 0.3) is 5.91 Å². The van der Waals surface area contributed by atoms with Gasteiger partial charge >= 0.3 is 0 Å². The van der Waals surface area contributed by atoms with Crippen LogP contribution < -0.4 is 10.1 Å². The van der Waals surface area contributed by atoms with E-state index in [2.05, 4.69) is 15.4 Å². The Morgan fingerprint density at radius 1 is 1.12 bits per heavy atom. The number of nitrogens with zero attached hydrogens (tertiary/aromatic N) is 3. The van der Waals surface area contributed by atoms with Crippen LogP contribution in [0.2, 0.25) is 0 Å². The molecule has 3 rings (SSSR count). The number of aryl methyl sites for hydroxylation is 1. The van der Waals surface area contributed by atoms with Crippen LogP contribution in [0.25, 0.3) is 5.69 Å². The lowest BCUT2D eigenvalue weighted by atomic mass is 10.2. The number of ether oxygens (including phenoxy) is 1. The number of pyridine rings is 1. The van der Waals surface area contributed by atoms with Crippen molar-refractivity contribution in [1.82, 2.24) is 14.8 Å². The van der Waals surface area contributed by atoms with Crippen LogP contribution in [0.1, 0.15) is 21.6 Å². The molecule has 24 heavy (non-hydrogen) atoms. The van der Waals surface area contributed by atoms with E-state index in [0.29, 0.717) is 17.1 Å². The highest BCUT2D eigenvalue weighted by Crippen LogP contribution is 2.19. The number of hydrogen-bond acceptors (Lipinski definition) is 4. The molecule has 2 aromatic heterocycles. The van der Waals surface area contributed by atoms with Crippen molar-refractivity contribution in [3.05, 3.63) is 65.6 Å². The van der Waals surface area contributed by atoms with Gasteiger partial charge < -0.3 is 10.1 Å². The Kier molecular flexibility index (Phi) is 4.29. The molecule has 0 unspecified atom stereocenters. The van der Waals surface area contributed by atoms with E-state index in [0.717, 1.165) is 16.9 Å². The molecule has 0 aliphatic carbocycles. The summed E-state index contributed by atoms with van der Waals surface area (Å²) in [5, 5.41) is 7.18. The van der Waals surface area contributed by atoms with Crippen LogP contribution in [0.5, 0.6) is 5.88 Å². The smallest absolute Gasteiger partial charge is 0.259 e. The summed E-state index contributed by atoms with van der Waals surface area (Å²) in [5.41, 5.74) is 3.95. The third-order valence-corrected chi connectivity index (χ3v) is 3.80. The molecular formula is C18H18N4O2. The number of aromatic nitrogens is 3. The summed E-state index contributed by atoms with van der Waals surface area (Å²) in [7, 11) is 1.55. The first-order valence-electron chi connectivity index (χ1n) is 7.52. The maximum atomic E-state index is 12.5. The van der Waals surface area contributed by atoms with Crippen LogP contribution in [-0.4, -0.2) is 27.8 Å². The molecule has 1 amide bonds. The number of methoxy groups -OCH3 is 1. The Balaban J connectivity index is 1.85. The fourth-order valence-electron chi connectivity index (χ4n) is 2.45. The van der Waals surface area contributed by atoms with E-state index in [1.807, 2.05) is 38.1 Å². The van der Waals surface area contributed by atoms with E-state index >= 15 is 0 Å². The molecule has 0 radical (unpaired) electrons. The molecule has 1 N–H and O–H groups in total. The van der Waals surface area contributed by atoms with E-state index in [-0.39, 0.29) is 5.91 Å². The van der Waals surface area contributed by atoms with Gasteiger partial charge in [0.1, 0.15) is 0 Å². The molecule has 122 valence electrons. The van der Waals surface area contributed by atoms with Crippen LogP contribution in [0, 0.1) is 13.8 Å². The maximum Gasteiger partial charge on any atom is 0.259 e. The molecule has 2 heterocycles. The molecule has 6 heteroatoms. The van der Waals surface area contributed by atoms with E-state index in [1.54, 1.807) is 36.3 Å². The number of hydrogen-bond donors (Lipinski definition) is 1. The quantitative estimate of drug-likeness (QED) is 0.801. The Labute approximate surface area is 140 Å². The lowest BCUT2D eigenvalue weighted by molar-refractivity contribution is 0.102. The fourth-order valence-corrected chi connectivity index (χ4v) is 2.45. The molecule has 0 spiro atoms. The summed E-state index contributed by atoms with van der Waals surface area (Å²) in [6, 6.07) is 11.3. The summed E-state index contributed by atoms with van der Waals surface area (Å²) in [5.74, 6) is 0.274. The van der Waals surface area contributed by atoms with E-state index in [1.165, 1.54) is 0 Å². The highest BCUT2D eigenvalue weighted by Gasteiger charge is 2.16. The van der Waals surface area contributed by atoms with Crippen molar-refractivity contribution < 1.29 is 9.53 Å². The number of anilines is 1. The number of carbonyl (C=O) groups excluding carboxylic acids is 1. The van der Waals surface area contributed by atoms with Crippen molar-refractivity contribution in [2.24, 2.45) is 0 Å². The Morgan fingerprint density at radius 3 is 2.58 bits per heavy atom. The summed E-state index contributed by atoms with van der Waals surface area (Å²) >= 11 is 0. The number of rotatable bonds is 4. The van der Waals surface area contributed by atoms with E-state index in [4.69, 9.17) is 4.74 Å². The van der Waals surface area contributed by atoms with Crippen LogP contribution in [0.3, 0.4) is 0 Å². The van der Waals surface area contributed by atoms with Crippen molar-refractivity contribution in [3.63, 3.8) is 0 Å². The van der Waals surface area contributed by atoms with Crippen LogP contribution in [-0.2, 0) is 0 Å². The molecule has 1 aromatic carbocycles. The standard InChI is InChI=1S/C18H18N4O2/c1-12-6-4-5-7-16(12)22-13(2)15(11-20-22)18(23)21-14-8-9-17(24-3)19-10-14/h4-11H,1-3H3,(H,21,23). The van der Waals surface area contributed by atoms with Crippen LogP contribution >= 0.6 is 0 Å². The zero-order valence-corrected chi connectivity index (χ0v) is 13.8. The molecule has 0 saturated heterocycles. The zero-order valence-electron chi connectivity index (χ0n) is 13.8. The normalized spacial score (nSPS) is 10.5. The second kappa shape index (κ2) is 6.54. The van der Waals surface area contributed by atoms with Gasteiger partial charge in [0.05, 0.1) is 42.1 Å². The average molecular weight is 322 g/mol. The maximum absolute atomic E-state index is 12.5. The second-order valence-electron chi connectivity index (χ2n) is 5.39. The first-order chi connectivity index (χ1) is 11.6. The van der Waals surface area contributed by atoms with E-state index in [9.17, 15) is 4.79 Å². The number of nitrogens with one attached hydrogen (secondary N) is 1. The molecular weight excluding hydrogens is 304 g/mol. The first kappa shape index (κ1) is 15.7. The molecule has 0 aliphatic heterocycles. The van der Waals surface area contributed by atoms with E-state index < -0.39 is 0 Å². The van der Waals surface area contributed by atoms with Gasteiger partial charge in [-0.15, -0.1) is 0 Å². The second-order valence-corrected chi connectivity index (χ2v) is 5.39. The molecule has 0 atom stereocenters. The minimum atomic E-state index is -0.223. The molecule has 6 nitrogen and oxygen atoms in total. The number of carbonyl (C=O) groups is 1. The monoisotopic (exact) mass is 322 g/mol. The van der Waals surface area contributed by atoms with Gasteiger partial charge in [-0.2, -0.15) is 5.10 Å². The lowest BCUT2D eigenvalue weighted by Crippen LogP contribution is -2.13. The van der Waals surface area contributed by atoms with Gasteiger partial charge in [-0.25, -0.2) is 9.67 Å². The minimum Gasteiger partial charge on any atom is -0.481 e. The third kappa shape index (κ3) is 2.99. The Morgan fingerprint density at radius 2 is 1.92 bits per heavy atom. The van der Waals surface area contributed by atoms with Crippen molar-refractivity contribution in [3.8, 4) is 11.6 Å². The predicted octanol–water partition coefficient (Wildman–Crippen LogP) is 3.15. The lowest BCUT2D eigenvalue weighted by Gasteiger charge is -2.09. The van der Waals surface area contributed by atoms with Crippen molar-refractivity contribution >= 4 is 11.6 Å². The zero-order chi connectivity index (χ0) is 17.1. The van der Waals surface area contributed by atoms with Gasteiger partial charge in [-0.1, -0.05) is 18.2 Å². The molecule has 0 bridgehead atoms. The average Bonchev–Trinajstić information content (AvgIpc) is 2.97. The summed E-state index contributed by atoms with van der Waals surface area (Å²) in [6.07, 6.45) is 3.13. The molecule has 0 saturated carbocycles. The predicted molar refractivity (Wildman–Crippen MR) is 91.8 cm³/mol. The molecule has 0 aliphatic rings. The van der Waals surface area contributed by atoms with Gasteiger partial charge in [0.15, 0.2) is 0 Å². The van der Waals surface area contributed by atoms with Gasteiger partial charge in [-0.05, 0) is 31.5 Å². The largest absolute Gasteiger partial charge is 0.481 e. The summed E-state index contributed by atoms with van der Waals surface area (Å²) in [6.45, 7) is 3.89. The number of para-hydroxylation sites is 1. The van der Waals surface area contributed by atoms with Crippen molar-refractivity contribution in [2.45, 2.75) is 13.8 Å². The number of amides is 1. The topological polar surface area (TPSA) is 69.0 Å². The highest BCUT2D eigenvalue weighted by atomic mass is 16.5. The summed E-state index contributed by atoms with van der Waals surface area (Å²) < 4.78 is 6.78. The molecule has 3 aromatic rings. The third-order valence-electron chi connectivity index (χ3n) is 3.80. The molecule has 0 fully saturated rings. The van der Waals surface area contributed by atoms with Crippen LogP contribution in [0.4, 0.5) is 5.69 Å². The minimum absolute atomic E-state index is 0.223. The van der Waals surface area contributed by atoms with Gasteiger partial charge in [0.2, 0.25) is 5.88 Å². The SMILES string of the molecule is COc1ccc(NC(=O)c2cnn(-c3ccccc3C)c2C)cn1.